The molecule has 0 unspecified atom stereocenters. The second-order valence-electron chi connectivity index (χ2n) is 7.69. The van der Waals surface area contributed by atoms with Crippen LogP contribution in [-0.2, 0) is 0 Å². The van der Waals surface area contributed by atoms with Crippen LogP contribution >= 0.6 is 12.6 Å². The predicted molar refractivity (Wildman–Crippen MR) is 119 cm³/mol. The zero-order chi connectivity index (χ0) is 20.7. The molecule has 146 valence electrons. The van der Waals surface area contributed by atoms with Crippen LogP contribution in [0.2, 0.25) is 0 Å². The summed E-state index contributed by atoms with van der Waals surface area (Å²) in [6.07, 6.45) is 4.27. The maximum Gasteiger partial charge on any atom is 0.150 e. The number of rotatable bonds is 4. The van der Waals surface area contributed by atoms with Crippen molar-refractivity contribution in [2.45, 2.75) is 44.6 Å². The zero-order valence-electron chi connectivity index (χ0n) is 16.8. The van der Waals surface area contributed by atoms with Crippen molar-refractivity contribution in [2.24, 2.45) is 0 Å². The molecule has 0 radical (unpaired) electrons. The Labute approximate surface area is 175 Å². The van der Waals surface area contributed by atoms with Gasteiger partial charge in [0.25, 0.3) is 0 Å². The molecule has 6 heteroatoms. The summed E-state index contributed by atoms with van der Waals surface area (Å²) >= 11 is 4.64. The lowest BCUT2D eigenvalue weighted by atomic mass is 9.91. The molecule has 0 saturated carbocycles. The van der Waals surface area contributed by atoms with Gasteiger partial charge in [-0.1, -0.05) is 52.0 Å². The van der Waals surface area contributed by atoms with Crippen LogP contribution in [0.3, 0.4) is 0 Å². The molecule has 5 nitrogen and oxygen atoms in total. The van der Waals surface area contributed by atoms with E-state index in [0.717, 1.165) is 45.0 Å². The minimum Gasteiger partial charge on any atom is -0.298 e. The van der Waals surface area contributed by atoms with E-state index in [9.17, 15) is 4.79 Å². The number of aromatic nitrogens is 4. The molecule has 0 aliphatic heterocycles. The van der Waals surface area contributed by atoms with E-state index in [4.69, 9.17) is 9.97 Å². The fourth-order valence-electron chi connectivity index (χ4n) is 3.85. The number of carbonyl (C=O) groups is 1. The first-order valence-electron chi connectivity index (χ1n) is 9.65. The van der Waals surface area contributed by atoms with Crippen LogP contribution in [0.25, 0.3) is 33.3 Å². The van der Waals surface area contributed by atoms with Crippen LogP contribution in [-0.4, -0.2) is 26.2 Å². The Bertz CT molecular complexity index is 1250. The lowest BCUT2D eigenvalue weighted by molar-refractivity contribution is 0.112. The minimum atomic E-state index is 0.173. The molecule has 0 atom stereocenters. The third-order valence-corrected chi connectivity index (χ3v) is 5.41. The summed E-state index contributed by atoms with van der Waals surface area (Å²) in [6, 6.07) is 7.37. The van der Waals surface area contributed by atoms with Gasteiger partial charge in [-0.15, -0.1) is 12.6 Å². The SMILES string of the molecule is CC(C)c1c2nccnc2c(C(C)C)c2nc(-c3ccccc3C=O)c(S)nc12. The Balaban J connectivity index is 2.21. The van der Waals surface area contributed by atoms with Crippen molar-refractivity contribution in [1.29, 1.82) is 0 Å². The van der Waals surface area contributed by atoms with Crippen LogP contribution in [0.15, 0.2) is 41.7 Å². The second kappa shape index (κ2) is 7.52. The molecule has 29 heavy (non-hydrogen) atoms. The van der Waals surface area contributed by atoms with E-state index >= 15 is 0 Å². The maximum atomic E-state index is 11.6. The molecule has 2 aromatic carbocycles. The van der Waals surface area contributed by atoms with E-state index in [2.05, 4.69) is 50.3 Å². The normalized spacial score (nSPS) is 11.7. The van der Waals surface area contributed by atoms with E-state index in [1.165, 1.54) is 0 Å². The van der Waals surface area contributed by atoms with Gasteiger partial charge in [-0.25, -0.2) is 9.97 Å². The number of benzene rings is 2. The van der Waals surface area contributed by atoms with Gasteiger partial charge in [0.05, 0.1) is 22.1 Å². The molecule has 4 aromatic rings. The van der Waals surface area contributed by atoms with Crippen LogP contribution in [0.4, 0.5) is 0 Å². The Morgan fingerprint density at radius 3 is 1.93 bits per heavy atom. The average Bonchev–Trinajstić information content (AvgIpc) is 2.70. The van der Waals surface area contributed by atoms with Crippen molar-refractivity contribution in [3.63, 3.8) is 0 Å². The molecule has 0 fully saturated rings. The van der Waals surface area contributed by atoms with Crippen molar-refractivity contribution in [1.82, 2.24) is 19.9 Å². The van der Waals surface area contributed by atoms with Crippen molar-refractivity contribution >= 4 is 41.0 Å². The molecule has 0 spiro atoms. The molecule has 0 bridgehead atoms. The summed E-state index contributed by atoms with van der Waals surface area (Å²) in [5, 5.41) is 0.492. The summed E-state index contributed by atoms with van der Waals surface area (Å²) in [5.41, 5.74) is 7.23. The molecule has 0 amide bonds. The van der Waals surface area contributed by atoms with E-state index in [1.54, 1.807) is 18.5 Å². The maximum absolute atomic E-state index is 11.6. The number of nitrogens with zero attached hydrogens (tertiary/aromatic N) is 4. The largest absolute Gasteiger partial charge is 0.298 e. The molecular formula is C23H22N4OS. The van der Waals surface area contributed by atoms with E-state index in [1.807, 2.05) is 18.2 Å². The molecule has 4 rings (SSSR count). The van der Waals surface area contributed by atoms with Crippen molar-refractivity contribution < 1.29 is 4.79 Å². The highest BCUT2D eigenvalue weighted by molar-refractivity contribution is 7.80. The molecule has 0 saturated heterocycles. The summed E-state index contributed by atoms with van der Waals surface area (Å²) in [7, 11) is 0. The van der Waals surface area contributed by atoms with Gasteiger partial charge in [-0.3, -0.25) is 14.8 Å². The Morgan fingerprint density at radius 2 is 1.38 bits per heavy atom. The Hall–Kier alpha value is -2.86. The third kappa shape index (κ3) is 3.17. The fraction of sp³-hybridized carbons (Fsp3) is 0.261. The van der Waals surface area contributed by atoms with Gasteiger partial charge in [0.1, 0.15) is 10.7 Å². The van der Waals surface area contributed by atoms with Crippen LogP contribution in [0.1, 0.15) is 61.0 Å². The van der Waals surface area contributed by atoms with Gasteiger partial charge >= 0.3 is 0 Å². The Morgan fingerprint density at radius 1 is 0.828 bits per heavy atom. The quantitative estimate of drug-likeness (QED) is 0.274. The van der Waals surface area contributed by atoms with Gasteiger partial charge in [0, 0.05) is 34.6 Å². The second-order valence-corrected chi connectivity index (χ2v) is 8.11. The minimum absolute atomic E-state index is 0.173. The smallest absolute Gasteiger partial charge is 0.150 e. The monoisotopic (exact) mass is 402 g/mol. The number of aldehydes is 1. The number of hydrogen-bond acceptors (Lipinski definition) is 6. The molecule has 2 heterocycles. The number of carbonyl (C=O) groups excluding carboxylic acids is 1. The highest BCUT2D eigenvalue weighted by atomic mass is 32.1. The molecule has 0 N–H and O–H groups in total. The van der Waals surface area contributed by atoms with Gasteiger partial charge in [-0.2, -0.15) is 0 Å². The first kappa shape index (κ1) is 19.5. The predicted octanol–water partition coefficient (Wildman–Crippen LogP) is 5.59. The Kier molecular flexibility index (Phi) is 5.04. The van der Waals surface area contributed by atoms with Crippen LogP contribution in [0, 0.1) is 0 Å². The van der Waals surface area contributed by atoms with Crippen molar-refractivity contribution in [3.8, 4) is 11.3 Å². The topological polar surface area (TPSA) is 68.6 Å². The van der Waals surface area contributed by atoms with Crippen molar-refractivity contribution in [3.05, 3.63) is 53.3 Å². The highest BCUT2D eigenvalue weighted by Crippen LogP contribution is 2.39. The van der Waals surface area contributed by atoms with E-state index in [0.29, 0.717) is 16.3 Å². The lowest BCUT2D eigenvalue weighted by Crippen LogP contribution is -2.06. The fourth-order valence-corrected chi connectivity index (χ4v) is 4.12. The summed E-state index contributed by atoms with van der Waals surface area (Å²) < 4.78 is 0. The summed E-state index contributed by atoms with van der Waals surface area (Å²) in [6.45, 7) is 8.47. The highest BCUT2D eigenvalue weighted by Gasteiger charge is 2.23. The number of hydrogen-bond donors (Lipinski definition) is 1. The molecular weight excluding hydrogens is 380 g/mol. The van der Waals surface area contributed by atoms with Crippen LogP contribution < -0.4 is 0 Å². The van der Waals surface area contributed by atoms with Gasteiger partial charge in [-0.05, 0) is 11.8 Å². The zero-order valence-corrected chi connectivity index (χ0v) is 17.7. The summed E-state index contributed by atoms with van der Waals surface area (Å²) in [4.78, 5) is 30.7. The number of fused-ring (bicyclic) bond motifs is 2. The molecule has 0 aliphatic carbocycles. The first-order valence-corrected chi connectivity index (χ1v) is 10.1. The van der Waals surface area contributed by atoms with E-state index < -0.39 is 0 Å². The van der Waals surface area contributed by atoms with Crippen LogP contribution in [0.5, 0.6) is 0 Å². The van der Waals surface area contributed by atoms with Gasteiger partial charge < -0.3 is 0 Å². The van der Waals surface area contributed by atoms with Crippen molar-refractivity contribution in [2.75, 3.05) is 0 Å². The van der Waals surface area contributed by atoms with Gasteiger partial charge in [0.15, 0.2) is 6.29 Å². The summed E-state index contributed by atoms with van der Waals surface area (Å²) in [5.74, 6) is 0.361. The average molecular weight is 403 g/mol. The number of thiol groups is 1. The van der Waals surface area contributed by atoms with E-state index in [-0.39, 0.29) is 11.8 Å². The lowest BCUT2D eigenvalue weighted by Gasteiger charge is -2.19. The molecule has 2 aromatic heterocycles. The third-order valence-electron chi connectivity index (χ3n) is 5.09. The standard InChI is InChI=1S/C23H22N4OS/c1-12(2)16-19-20(25-10-9-24-19)17(13(3)4)22-21(16)26-18(23(29)27-22)15-8-6-5-7-14(15)11-28/h5-13H,1-4H3,(H,27,29). The van der Waals surface area contributed by atoms with Gasteiger partial charge in [0.2, 0.25) is 0 Å². The first-order chi connectivity index (χ1) is 13.9. The molecule has 0 aliphatic rings.